The first-order chi connectivity index (χ1) is 11.3. The summed E-state index contributed by atoms with van der Waals surface area (Å²) in [7, 11) is 2.07. The predicted molar refractivity (Wildman–Crippen MR) is 94.4 cm³/mol. The van der Waals surface area contributed by atoms with E-state index in [4.69, 9.17) is 0 Å². The Bertz CT molecular complexity index is 586. The molecule has 1 aromatic carbocycles. The van der Waals surface area contributed by atoms with Crippen LogP contribution in [0.3, 0.4) is 0 Å². The molecule has 3 nitrogen and oxygen atoms in total. The maximum Gasteiger partial charge on any atom is 0.239 e. The van der Waals surface area contributed by atoms with Crippen molar-refractivity contribution in [2.75, 3.05) is 13.6 Å². The number of hydrogen-bond donors (Lipinski definition) is 1. The Kier molecular flexibility index (Phi) is 4.69. The molecule has 0 radical (unpaired) electrons. The van der Waals surface area contributed by atoms with Crippen molar-refractivity contribution < 1.29 is 9.18 Å². The van der Waals surface area contributed by atoms with Gasteiger partial charge in [0.2, 0.25) is 5.91 Å². The second kappa shape index (κ2) is 6.47. The zero-order chi connectivity index (χ0) is 17.4. The highest BCUT2D eigenvalue weighted by Crippen LogP contribution is 2.47. The quantitative estimate of drug-likeness (QED) is 0.863. The number of nitrogens with zero attached hydrogens (tertiary/aromatic N) is 1. The average molecular weight is 332 g/mol. The number of hydrogen-bond acceptors (Lipinski definition) is 2. The minimum atomic E-state index is -0.506. The lowest BCUT2D eigenvalue weighted by atomic mass is 9.94. The first-order valence-electron chi connectivity index (χ1n) is 9.12. The average Bonchev–Trinajstić information content (AvgIpc) is 3.16. The lowest BCUT2D eigenvalue weighted by molar-refractivity contribution is -0.132. The summed E-state index contributed by atoms with van der Waals surface area (Å²) in [4.78, 5) is 15.1. The van der Waals surface area contributed by atoms with Crippen LogP contribution >= 0.6 is 0 Å². The van der Waals surface area contributed by atoms with E-state index in [0.717, 1.165) is 18.4 Å². The van der Waals surface area contributed by atoms with Gasteiger partial charge in [0, 0.05) is 18.0 Å². The third kappa shape index (κ3) is 3.34. The number of benzene rings is 1. The molecule has 2 fully saturated rings. The van der Waals surface area contributed by atoms with Gasteiger partial charge in [0.15, 0.2) is 0 Å². The van der Waals surface area contributed by atoms with Crippen molar-refractivity contribution in [3.05, 3.63) is 35.6 Å². The number of likely N-dealkylation sites (N-methyl/N-ethyl adjacent to an activating group) is 1. The molecule has 3 rings (SSSR count). The molecule has 0 atom stereocenters. The van der Waals surface area contributed by atoms with Crippen molar-refractivity contribution >= 4 is 5.91 Å². The van der Waals surface area contributed by atoms with Crippen LogP contribution in [0.5, 0.6) is 0 Å². The lowest BCUT2D eigenvalue weighted by Gasteiger charge is -2.38. The molecule has 0 spiro atoms. The lowest BCUT2D eigenvalue weighted by Crippen LogP contribution is -2.57. The van der Waals surface area contributed by atoms with Crippen molar-refractivity contribution in [1.82, 2.24) is 10.2 Å². The predicted octanol–water partition coefficient (Wildman–Crippen LogP) is 3.63. The van der Waals surface area contributed by atoms with Crippen LogP contribution in [0, 0.1) is 5.82 Å². The highest BCUT2D eigenvalue weighted by Gasteiger charge is 2.45. The van der Waals surface area contributed by atoms with Gasteiger partial charge in [-0.3, -0.25) is 9.69 Å². The van der Waals surface area contributed by atoms with Gasteiger partial charge in [-0.1, -0.05) is 25.0 Å². The SMILES string of the molecule is CN(C1CCCC1)C(C)(C)C(=O)NCC1(c2ccc(F)cc2)CC1. The van der Waals surface area contributed by atoms with Crippen LogP contribution in [-0.4, -0.2) is 36.0 Å². The minimum absolute atomic E-state index is 0.00533. The van der Waals surface area contributed by atoms with Gasteiger partial charge in [-0.2, -0.15) is 0 Å². The van der Waals surface area contributed by atoms with E-state index in [1.165, 1.54) is 37.8 Å². The van der Waals surface area contributed by atoms with Gasteiger partial charge in [-0.15, -0.1) is 0 Å². The van der Waals surface area contributed by atoms with E-state index in [2.05, 4.69) is 17.3 Å². The third-order valence-electron chi connectivity index (χ3n) is 6.21. The zero-order valence-electron chi connectivity index (χ0n) is 15.1. The zero-order valence-corrected chi connectivity index (χ0v) is 15.1. The maximum atomic E-state index is 13.1. The second-order valence-corrected chi connectivity index (χ2v) is 8.08. The molecule has 2 aliphatic rings. The number of nitrogens with one attached hydrogen (secondary N) is 1. The first-order valence-corrected chi connectivity index (χ1v) is 9.12. The largest absolute Gasteiger partial charge is 0.354 e. The molecule has 24 heavy (non-hydrogen) atoms. The molecule has 1 aromatic rings. The minimum Gasteiger partial charge on any atom is -0.354 e. The van der Waals surface area contributed by atoms with Crippen LogP contribution in [0.25, 0.3) is 0 Å². The third-order valence-corrected chi connectivity index (χ3v) is 6.21. The first kappa shape index (κ1) is 17.4. The van der Waals surface area contributed by atoms with Gasteiger partial charge < -0.3 is 5.32 Å². The van der Waals surface area contributed by atoms with Crippen LogP contribution in [-0.2, 0) is 10.2 Å². The van der Waals surface area contributed by atoms with Crippen LogP contribution in [0.1, 0.15) is 57.9 Å². The van der Waals surface area contributed by atoms with Gasteiger partial charge in [0.1, 0.15) is 5.82 Å². The fraction of sp³-hybridized carbons (Fsp3) is 0.650. The Morgan fingerprint density at radius 2 is 1.83 bits per heavy atom. The Hall–Kier alpha value is -1.42. The molecule has 0 saturated heterocycles. The van der Waals surface area contributed by atoms with Gasteiger partial charge in [-0.05, 0) is 64.3 Å². The Labute approximate surface area is 144 Å². The van der Waals surface area contributed by atoms with E-state index in [-0.39, 0.29) is 17.1 Å². The Morgan fingerprint density at radius 3 is 2.38 bits per heavy atom. The van der Waals surface area contributed by atoms with Crippen molar-refractivity contribution in [3.8, 4) is 0 Å². The summed E-state index contributed by atoms with van der Waals surface area (Å²) >= 11 is 0. The van der Waals surface area contributed by atoms with E-state index in [1.807, 2.05) is 26.0 Å². The van der Waals surface area contributed by atoms with Gasteiger partial charge in [-0.25, -0.2) is 4.39 Å². The van der Waals surface area contributed by atoms with Crippen molar-refractivity contribution in [3.63, 3.8) is 0 Å². The summed E-state index contributed by atoms with van der Waals surface area (Å²) in [6.07, 6.45) is 7.01. The highest BCUT2D eigenvalue weighted by molar-refractivity contribution is 5.85. The smallest absolute Gasteiger partial charge is 0.239 e. The topological polar surface area (TPSA) is 32.3 Å². The van der Waals surface area contributed by atoms with Crippen LogP contribution in [0.15, 0.2) is 24.3 Å². The van der Waals surface area contributed by atoms with Crippen LogP contribution in [0.2, 0.25) is 0 Å². The number of carbonyl (C=O) groups is 1. The molecular formula is C20H29FN2O. The van der Waals surface area contributed by atoms with Crippen LogP contribution < -0.4 is 5.32 Å². The molecule has 0 heterocycles. The summed E-state index contributed by atoms with van der Waals surface area (Å²) in [5, 5.41) is 3.17. The molecule has 2 saturated carbocycles. The summed E-state index contributed by atoms with van der Waals surface area (Å²) in [5.74, 6) is -0.122. The summed E-state index contributed by atoms with van der Waals surface area (Å²) in [6.45, 7) is 4.66. The molecule has 132 valence electrons. The van der Waals surface area contributed by atoms with E-state index in [1.54, 1.807) is 0 Å². The molecule has 0 unspecified atom stereocenters. The van der Waals surface area contributed by atoms with Gasteiger partial charge >= 0.3 is 0 Å². The highest BCUT2D eigenvalue weighted by atomic mass is 19.1. The van der Waals surface area contributed by atoms with Crippen molar-refractivity contribution in [2.45, 2.75) is 69.4 Å². The Balaban J connectivity index is 1.61. The number of amides is 1. The molecule has 1 amide bonds. The number of halogens is 1. The van der Waals surface area contributed by atoms with E-state index < -0.39 is 5.54 Å². The maximum absolute atomic E-state index is 13.1. The summed E-state index contributed by atoms with van der Waals surface area (Å²) in [6, 6.07) is 7.23. The summed E-state index contributed by atoms with van der Waals surface area (Å²) < 4.78 is 13.1. The van der Waals surface area contributed by atoms with Crippen molar-refractivity contribution in [1.29, 1.82) is 0 Å². The molecule has 0 aliphatic heterocycles. The standard InChI is InChI=1S/C20H29FN2O/c1-19(2,23(3)17-6-4-5-7-17)18(24)22-14-20(12-13-20)15-8-10-16(21)11-9-15/h8-11,17H,4-7,12-14H2,1-3H3,(H,22,24). The van der Waals surface area contributed by atoms with E-state index in [0.29, 0.717) is 12.6 Å². The fourth-order valence-corrected chi connectivity index (χ4v) is 3.90. The molecule has 0 bridgehead atoms. The molecule has 2 aliphatic carbocycles. The number of rotatable bonds is 6. The Morgan fingerprint density at radius 1 is 1.25 bits per heavy atom. The fourth-order valence-electron chi connectivity index (χ4n) is 3.90. The van der Waals surface area contributed by atoms with E-state index in [9.17, 15) is 9.18 Å². The van der Waals surface area contributed by atoms with Crippen molar-refractivity contribution in [2.24, 2.45) is 0 Å². The molecule has 0 aromatic heterocycles. The van der Waals surface area contributed by atoms with Crippen LogP contribution in [0.4, 0.5) is 4.39 Å². The van der Waals surface area contributed by atoms with E-state index >= 15 is 0 Å². The van der Waals surface area contributed by atoms with Gasteiger partial charge in [0.05, 0.1) is 5.54 Å². The molecule has 4 heteroatoms. The van der Waals surface area contributed by atoms with Gasteiger partial charge in [0.25, 0.3) is 0 Å². The number of carbonyl (C=O) groups excluding carboxylic acids is 1. The molecule has 1 N–H and O–H groups in total. The second-order valence-electron chi connectivity index (χ2n) is 8.08. The molecular weight excluding hydrogens is 303 g/mol. The summed E-state index contributed by atoms with van der Waals surface area (Å²) in [5.41, 5.74) is 0.630. The normalized spacial score (nSPS) is 20.4. The monoisotopic (exact) mass is 332 g/mol.